The lowest BCUT2D eigenvalue weighted by atomic mass is 10.1. The van der Waals surface area contributed by atoms with Crippen molar-refractivity contribution < 1.29 is 4.39 Å². The van der Waals surface area contributed by atoms with Crippen LogP contribution in [0.25, 0.3) is 11.3 Å². The fourth-order valence-electron chi connectivity index (χ4n) is 1.55. The van der Waals surface area contributed by atoms with Crippen LogP contribution in [0.2, 0.25) is 0 Å². The van der Waals surface area contributed by atoms with Gasteiger partial charge in [-0.05, 0) is 19.2 Å². The average molecular weight is 233 g/mol. The van der Waals surface area contributed by atoms with Crippen molar-refractivity contribution in [1.29, 1.82) is 0 Å². The van der Waals surface area contributed by atoms with E-state index in [1.54, 1.807) is 19.2 Å². The Morgan fingerprint density at radius 2 is 2.24 bits per heavy atom. The number of aromatic amines is 1. The molecule has 0 saturated carbocycles. The molecule has 0 radical (unpaired) electrons. The standard InChI is InChI=1S/C12H12FN3O/c1-14-7-11-15-10(6-12(17)16-11)8-3-2-4-9(13)5-8/h2-6,14H,7H2,1H3,(H,15,16,17). The summed E-state index contributed by atoms with van der Waals surface area (Å²) in [6.45, 7) is 0.457. The topological polar surface area (TPSA) is 57.8 Å². The van der Waals surface area contributed by atoms with Crippen molar-refractivity contribution in [3.63, 3.8) is 0 Å². The maximum absolute atomic E-state index is 13.1. The van der Waals surface area contributed by atoms with Crippen LogP contribution >= 0.6 is 0 Å². The minimum absolute atomic E-state index is 0.246. The highest BCUT2D eigenvalue weighted by Crippen LogP contribution is 2.16. The smallest absolute Gasteiger partial charge is 0.251 e. The van der Waals surface area contributed by atoms with Gasteiger partial charge in [-0.3, -0.25) is 4.79 Å². The van der Waals surface area contributed by atoms with E-state index in [1.165, 1.54) is 18.2 Å². The van der Waals surface area contributed by atoms with Gasteiger partial charge in [0.05, 0.1) is 12.2 Å². The molecule has 5 heteroatoms. The number of halogens is 1. The number of H-pyrrole nitrogens is 1. The van der Waals surface area contributed by atoms with E-state index in [4.69, 9.17) is 0 Å². The minimum atomic E-state index is -0.347. The first-order valence-electron chi connectivity index (χ1n) is 5.20. The third-order valence-electron chi connectivity index (χ3n) is 2.26. The molecule has 0 saturated heterocycles. The molecule has 0 aliphatic carbocycles. The Hall–Kier alpha value is -2.01. The molecule has 2 N–H and O–H groups in total. The lowest BCUT2D eigenvalue weighted by Gasteiger charge is -2.04. The fourth-order valence-corrected chi connectivity index (χ4v) is 1.55. The maximum Gasteiger partial charge on any atom is 0.251 e. The van der Waals surface area contributed by atoms with Crippen molar-refractivity contribution >= 4 is 0 Å². The predicted molar refractivity (Wildman–Crippen MR) is 63.0 cm³/mol. The van der Waals surface area contributed by atoms with Gasteiger partial charge in [0.2, 0.25) is 0 Å². The second-order valence-electron chi connectivity index (χ2n) is 3.62. The van der Waals surface area contributed by atoms with Crippen LogP contribution in [0.5, 0.6) is 0 Å². The highest BCUT2D eigenvalue weighted by Gasteiger charge is 2.04. The summed E-state index contributed by atoms with van der Waals surface area (Å²) in [4.78, 5) is 18.3. The molecule has 1 aromatic carbocycles. The molecule has 0 bridgehead atoms. The van der Waals surface area contributed by atoms with E-state index in [0.717, 1.165) is 0 Å². The number of hydrogen-bond acceptors (Lipinski definition) is 3. The second-order valence-corrected chi connectivity index (χ2v) is 3.62. The SMILES string of the molecule is CNCc1nc(-c2cccc(F)c2)cc(=O)[nH]1. The number of benzene rings is 1. The Bertz CT molecular complexity index is 580. The number of nitrogens with zero attached hydrogens (tertiary/aromatic N) is 1. The van der Waals surface area contributed by atoms with Gasteiger partial charge in [0.1, 0.15) is 11.6 Å². The van der Waals surface area contributed by atoms with Gasteiger partial charge in [0.15, 0.2) is 0 Å². The van der Waals surface area contributed by atoms with Crippen molar-refractivity contribution in [2.75, 3.05) is 7.05 Å². The van der Waals surface area contributed by atoms with Crippen molar-refractivity contribution in [1.82, 2.24) is 15.3 Å². The molecule has 0 spiro atoms. The second kappa shape index (κ2) is 4.88. The average Bonchev–Trinajstić information content (AvgIpc) is 2.28. The van der Waals surface area contributed by atoms with Gasteiger partial charge >= 0.3 is 0 Å². The van der Waals surface area contributed by atoms with E-state index in [-0.39, 0.29) is 11.4 Å². The van der Waals surface area contributed by atoms with E-state index in [2.05, 4.69) is 15.3 Å². The Kier molecular flexibility index (Phi) is 3.30. The molecule has 1 aromatic heterocycles. The van der Waals surface area contributed by atoms with Gasteiger partial charge in [0, 0.05) is 11.6 Å². The summed E-state index contributed by atoms with van der Waals surface area (Å²) in [5, 5.41) is 2.89. The van der Waals surface area contributed by atoms with Crippen LogP contribution in [-0.2, 0) is 6.54 Å². The molecule has 2 aromatic rings. The van der Waals surface area contributed by atoms with Crippen molar-refractivity contribution in [2.45, 2.75) is 6.54 Å². The summed E-state index contributed by atoms with van der Waals surface area (Å²) in [6.07, 6.45) is 0. The van der Waals surface area contributed by atoms with Crippen LogP contribution in [0.15, 0.2) is 35.1 Å². The van der Waals surface area contributed by atoms with Crippen LogP contribution in [-0.4, -0.2) is 17.0 Å². The van der Waals surface area contributed by atoms with Crippen LogP contribution < -0.4 is 10.9 Å². The van der Waals surface area contributed by atoms with Gasteiger partial charge < -0.3 is 10.3 Å². The quantitative estimate of drug-likeness (QED) is 0.840. The number of hydrogen-bond donors (Lipinski definition) is 2. The van der Waals surface area contributed by atoms with E-state index in [0.29, 0.717) is 23.6 Å². The molecular weight excluding hydrogens is 221 g/mol. The summed E-state index contributed by atoms with van der Waals surface area (Å²) in [7, 11) is 1.76. The van der Waals surface area contributed by atoms with Crippen molar-refractivity contribution in [2.24, 2.45) is 0 Å². The van der Waals surface area contributed by atoms with E-state index in [9.17, 15) is 9.18 Å². The summed E-state index contributed by atoms with van der Waals surface area (Å²) < 4.78 is 13.1. The normalized spacial score (nSPS) is 10.5. The summed E-state index contributed by atoms with van der Waals surface area (Å²) in [6, 6.07) is 7.36. The Morgan fingerprint density at radius 3 is 2.94 bits per heavy atom. The summed E-state index contributed by atoms with van der Waals surface area (Å²) >= 11 is 0. The monoisotopic (exact) mass is 233 g/mol. The Labute approximate surface area is 97.5 Å². The zero-order chi connectivity index (χ0) is 12.3. The number of nitrogens with one attached hydrogen (secondary N) is 2. The van der Waals surface area contributed by atoms with Crippen molar-refractivity contribution in [3.8, 4) is 11.3 Å². The van der Waals surface area contributed by atoms with E-state index in [1.807, 2.05) is 0 Å². The molecule has 2 rings (SSSR count). The maximum atomic E-state index is 13.1. The third kappa shape index (κ3) is 2.76. The van der Waals surface area contributed by atoms with Crippen LogP contribution in [0.3, 0.4) is 0 Å². The third-order valence-corrected chi connectivity index (χ3v) is 2.26. The predicted octanol–water partition coefficient (Wildman–Crippen LogP) is 1.30. The molecule has 0 aliphatic heterocycles. The van der Waals surface area contributed by atoms with E-state index < -0.39 is 0 Å². The zero-order valence-corrected chi connectivity index (χ0v) is 9.33. The first-order chi connectivity index (χ1) is 8.19. The highest BCUT2D eigenvalue weighted by molar-refractivity contribution is 5.58. The number of rotatable bonds is 3. The molecule has 0 unspecified atom stereocenters. The Morgan fingerprint density at radius 1 is 1.41 bits per heavy atom. The summed E-state index contributed by atoms with van der Waals surface area (Å²) in [5.74, 6) is 0.180. The molecule has 88 valence electrons. The van der Waals surface area contributed by atoms with Gasteiger partial charge in [0.25, 0.3) is 5.56 Å². The largest absolute Gasteiger partial charge is 0.313 e. The lowest BCUT2D eigenvalue weighted by molar-refractivity contribution is 0.628. The van der Waals surface area contributed by atoms with Gasteiger partial charge in [-0.25, -0.2) is 9.37 Å². The Balaban J connectivity index is 2.48. The number of aromatic nitrogens is 2. The molecule has 0 atom stereocenters. The minimum Gasteiger partial charge on any atom is -0.313 e. The van der Waals surface area contributed by atoms with Gasteiger partial charge in [-0.1, -0.05) is 12.1 Å². The lowest BCUT2D eigenvalue weighted by Crippen LogP contribution is -2.16. The van der Waals surface area contributed by atoms with Crippen LogP contribution in [0, 0.1) is 5.82 Å². The molecule has 4 nitrogen and oxygen atoms in total. The molecule has 0 amide bonds. The first-order valence-corrected chi connectivity index (χ1v) is 5.20. The van der Waals surface area contributed by atoms with Gasteiger partial charge in [-0.2, -0.15) is 0 Å². The van der Waals surface area contributed by atoms with E-state index >= 15 is 0 Å². The van der Waals surface area contributed by atoms with Crippen LogP contribution in [0.4, 0.5) is 4.39 Å². The molecule has 17 heavy (non-hydrogen) atoms. The first kappa shape index (κ1) is 11.5. The van der Waals surface area contributed by atoms with Crippen molar-refractivity contribution in [3.05, 3.63) is 52.3 Å². The van der Waals surface area contributed by atoms with Gasteiger partial charge in [-0.15, -0.1) is 0 Å². The zero-order valence-electron chi connectivity index (χ0n) is 9.33. The molecule has 1 heterocycles. The molecular formula is C12H12FN3O. The molecule has 0 aliphatic rings. The summed E-state index contributed by atoms with van der Waals surface area (Å²) in [5.41, 5.74) is 0.816. The van der Waals surface area contributed by atoms with Crippen LogP contribution in [0.1, 0.15) is 5.82 Å². The highest BCUT2D eigenvalue weighted by atomic mass is 19.1. The molecule has 0 fully saturated rings. The fraction of sp³-hybridized carbons (Fsp3) is 0.167.